The van der Waals surface area contributed by atoms with E-state index in [-0.39, 0.29) is 17.5 Å². The lowest BCUT2D eigenvalue weighted by atomic mass is 9.85. The molecule has 2 unspecified atom stereocenters. The van der Waals surface area contributed by atoms with Gasteiger partial charge in [-0.2, -0.15) is 0 Å². The summed E-state index contributed by atoms with van der Waals surface area (Å²) in [5.74, 6) is -1.26. The molecule has 5 nitrogen and oxygen atoms in total. The van der Waals surface area contributed by atoms with E-state index in [0.717, 1.165) is 6.42 Å². The summed E-state index contributed by atoms with van der Waals surface area (Å²) in [4.78, 5) is 27.3. The Hall–Kier alpha value is -1.62. The Labute approximate surface area is 116 Å². The van der Waals surface area contributed by atoms with E-state index in [1.165, 1.54) is 18.5 Å². The van der Waals surface area contributed by atoms with Crippen LogP contribution in [-0.4, -0.2) is 28.0 Å². The largest absolute Gasteiger partial charge is 0.481 e. The highest BCUT2D eigenvalue weighted by Crippen LogP contribution is 2.38. The SMILES string of the molecule is CC1(C(=O)O)CCCC1NC(=O)c1cnccc1Cl. The molecule has 0 aliphatic heterocycles. The van der Waals surface area contributed by atoms with Crippen molar-refractivity contribution in [2.45, 2.75) is 32.2 Å². The Morgan fingerprint density at radius 3 is 2.95 bits per heavy atom. The molecule has 1 heterocycles. The first-order valence-corrected chi connectivity index (χ1v) is 6.47. The standard InChI is InChI=1S/C13H15ClN2O3/c1-13(12(18)19)5-2-3-10(13)16-11(17)8-7-15-6-4-9(8)14/h4,6-7,10H,2-3,5H2,1H3,(H,16,17)(H,18,19). The Bertz CT molecular complexity index is 520. The summed E-state index contributed by atoms with van der Waals surface area (Å²) in [6.07, 6.45) is 4.88. The molecule has 0 aromatic carbocycles. The fraction of sp³-hybridized carbons (Fsp3) is 0.462. The third kappa shape index (κ3) is 2.56. The molecule has 2 N–H and O–H groups in total. The number of hydrogen-bond donors (Lipinski definition) is 2. The van der Waals surface area contributed by atoms with E-state index in [1.807, 2.05) is 0 Å². The molecule has 102 valence electrons. The number of amides is 1. The summed E-state index contributed by atoms with van der Waals surface area (Å²) in [5.41, 5.74) is -0.645. The molecule has 1 fully saturated rings. The number of carboxylic acids is 1. The summed E-state index contributed by atoms with van der Waals surface area (Å²) in [7, 11) is 0. The van der Waals surface area contributed by atoms with Crippen LogP contribution in [0.4, 0.5) is 0 Å². The predicted octanol–water partition coefficient (Wildman–Crippen LogP) is 2.11. The zero-order chi connectivity index (χ0) is 14.0. The molecule has 2 atom stereocenters. The number of halogens is 1. The maximum Gasteiger partial charge on any atom is 0.311 e. The number of nitrogens with zero attached hydrogens (tertiary/aromatic N) is 1. The Morgan fingerprint density at radius 1 is 1.58 bits per heavy atom. The minimum absolute atomic E-state index is 0.267. The average Bonchev–Trinajstić information content (AvgIpc) is 2.73. The highest BCUT2D eigenvalue weighted by molar-refractivity contribution is 6.33. The van der Waals surface area contributed by atoms with Crippen molar-refractivity contribution in [1.29, 1.82) is 0 Å². The maximum atomic E-state index is 12.1. The van der Waals surface area contributed by atoms with Gasteiger partial charge in [0, 0.05) is 18.4 Å². The van der Waals surface area contributed by atoms with Crippen LogP contribution in [0.5, 0.6) is 0 Å². The molecule has 2 rings (SSSR count). The minimum atomic E-state index is -0.912. The van der Waals surface area contributed by atoms with Gasteiger partial charge in [0.25, 0.3) is 5.91 Å². The van der Waals surface area contributed by atoms with Crippen molar-refractivity contribution in [1.82, 2.24) is 10.3 Å². The molecule has 19 heavy (non-hydrogen) atoms. The quantitative estimate of drug-likeness (QED) is 0.890. The smallest absolute Gasteiger partial charge is 0.311 e. The molecule has 1 aliphatic rings. The van der Waals surface area contributed by atoms with Gasteiger partial charge in [-0.25, -0.2) is 0 Å². The van der Waals surface area contributed by atoms with Crippen molar-refractivity contribution in [3.8, 4) is 0 Å². The van der Waals surface area contributed by atoms with Gasteiger partial charge in [-0.15, -0.1) is 0 Å². The zero-order valence-electron chi connectivity index (χ0n) is 10.5. The molecule has 1 aliphatic carbocycles. The summed E-state index contributed by atoms with van der Waals surface area (Å²) in [6.45, 7) is 1.66. The van der Waals surface area contributed by atoms with Crippen LogP contribution in [0.2, 0.25) is 5.02 Å². The van der Waals surface area contributed by atoms with E-state index in [0.29, 0.717) is 17.9 Å². The van der Waals surface area contributed by atoms with Gasteiger partial charge in [-0.3, -0.25) is 14.6 Å². The first kappa shape index (κ1) is 13.8. The van der Waals surface area contributed by atoms with Crippen molar-refractivity contribution in [3.05, 3.63) is 29.0 Å². The Morgan fingerprint density at radius 2 is 2.32 bits per heavy atom. The number of aromatic nitrogens is 1. The fourth-order valence-corrected chi connectivity index (χ4v) is 2.63. The van der Waals surface area contributed by atoms with Gasteiger partial charge in [0.1, 0.15) is 0 Å². The molecule has 1 amide bonds. The third-order valence-corrected chi connectivity index (χ3v) is 4.09. The van der Waals surface area contributed by atoms with E-state index < -0.39 is 11.4 Å². The van der Waals surface area contributed by atoms with Gasteiger partial charge in [-0.05, 0) is 25.8 Å². The number of nitrogens with one attached hydrogen (secondary N) is 1. The molecule has 0 saturated heterocycles. The minimum Gasteiger partial charge on any atom is -0.481 e. The average molecular weight is 283 g/mol. The molecule has 1 aromatic heterocycles. The van der Waals surface area contributed by atoms with Gasteiger partial charge in [0.2, 0.25) is 0 Å². The van der Waals surface area contributed by atoms with Crippen molar-refractivity contribution in [3.63, 3.8) is 0 Å². The van der Waals surface area contributed by atoms with Crippen molar-refractivity contribution in [2.75, 3.05) is 0 Å². The van der Waals surface area contributed by atoms with Gasteiger partial charge >= 0.3 is 5.97 Å². The second-order valence-corrected chi connectivity index (χ2v) is 5.40. The van der Waals surface area contributed by atoms with Crippen LogP contribution >= 0.6 is 11.6 Å². The normalized spacial score (nSPS) is 26.1. The second kappa shape index (κ2) is 5.17. The van der Waals surface area contributed by atoms with Crippen LogP contribution in [0.3, 0.4) is 0 Å². The number of pyridine rings is 1. The van der Waals surface area contributed by atoms with Crippen LogP contribution in [0.1, 0.15) is 36.5 Å². The first-order chi connectivity index (χ1) is 8.95. The highest BCUT2D eigenvalue weighted by Gasteiger charge is 2.46. The molecule has 0 radical (unpaired) electrons. The maximum absolute atomic E-state index is 12.1. The number of carbonyl (C=O) groups is 2. The summed E-state index contributed by atoms with van der Waals surface area (Å²) < 4.78 is 0. The van der Waals surface area contributed by atoms with E-state index in [9.17, 15) is 14.7 Å². The summed E-state index contributed by atoms with van der Waals surface area (Å²) >= 11 is 5.92. The molecule has 1 saturated carbocycles. The number of rotatable bonds is 3. The van der Waals surface area contributed by atoms with E-state index in [4.69, 9.17) is 11.6 Å². The molecule has 0 spiro atoms. The summed E-state index contributed by atoms with van der Waals surface area (Å²) in [6, 6.07) is 1.15. The lowest BCUT2D eigenvalue weighted by Gasteiger charge is -2.27. The summed E-state index contributed by atoms with van der Waals surface area (Å²) in [5, 5.41) is 12.4. The molecule has 6 heteroatoms. The van der Waals surface area contributed by atoms with Gasteiger partial charge in [0.05, 0.1) is 16.0 Å². The fourth-order valence-electron chi connectivity index (χ4n) is 2.43. The number of aliphatic carboxylic acids is 1. The Kier molecular flexibility index (Phi) is 3.75. The lowest BCUT2D eigenvalue weighted by molar-refractivity contribution is -0.148. The van der Waals surface area contributed by atoms with E-state index in [1.54, 1.807) is 6.92 Å². The predicted molar refractivity (Wildman–Crippen MR) is 70.1 cm³/mol. The van der Waals surface area contributed by atoms with Gasteiger partial charge < -0.3 is 10.4 Å². The van der Waals surface area contributed by atoms with Gasteiger partial charge in [-0.1, -0.05) is 18.0 Å². The van der Waals surface area contributed by atoms with Gasteiger partial charge in [0.15, 0.2) is 0 Å². The zero-order valence-corrected chi connectivity index (χ0v) is 11.3. The van der Waals surface area contributed by atoms with E-state index in [2.05, 4.69) is 10.3 Å². The Balaban J connectivity index is 2.16. The number of carboxylic acid groups (broad SMARTS) is 1. The second-order valence-electron chi connectivity index (χ2n) is 5.00. The van der Waals surface area contributed by atoms with Crippen molar-refractivity contribution >= 4 is 23.5 Å². The monoisotopic (exact) mass is 282 g/mol. The number of carbonyl (C=O) groups excluding carboxylic acids is 1. The highest BCUT2D eigenvalue weighted by atomic mass is 35.5. The van der Waals surface area contributed by atoms with Crippen molar-refractivity contribution in [2.24, 2.45) is 5.41 Å². The van der Waals surface area contributed by atoms with Crippen LogP contribution < -0.4 is 5.32 Å². The van der Waals surface area contributed by atoms with Crippen LogP contribution in [0.25, 0.3) is 0 Å². The molecular weight excluding hydrogens is 268 g/mol. The topological polar surface area (TPSA) is 79.3 Å². The number of hydrogen-bond acceptors (Lipinski definition) is 3. The first-order valence-electron chi connectivity index (χ1n) is 6.09. The van der Waals surface area contributed by atoms with E-state index >= 15 is 0 Å². The third-order valence-electron chi connectivity index (χ3n) is 3.76. The van der Waals surface area contributed by atoms with Crippen LogP contribution in [0.15, 0.2) is 18.5 Å². The van der Waals surface area contributed by atoms with Crippen LogP contribution in [0, 0.1) is 5.41 Å². The molecule has 0 bridgehead atoms. The van der Waals surface area contributed by atoms with Crippen molar-refractivity contribution < 1.29 is 14.7 Å². The van der Waals surface area contributed by atoms with Crippen LogP contribution in [-0.2, 0) is 4.79 Å². The lowest BCUT2D eigenvalue weighted by Crippen LogP contribution is -2.47. The molecule has 1 aromatic rings. The molecular formula is C13H15ClN2O3.